The van der Waals surface area contributed by atoms with Crippen LogP contribution >= 0.6 is 0 Å². The summed E-state index contributed by atoms with van der Waals surface area (Å²) < 4.78 is 7.41. The molecule has 1 heterocycles. The molecule has 2 aromatic rings. The third-order valence-electron chi connectivity index (χ3n) is 2.73. The first-order chi connectivity index (χ1) is 7.30. The first kappa shape index (κ1) is 10.1. The lowest BCUT2D eigenvalue weighted by atomic mass is 10.2. The molecule has 0 saturated heterocycles. The predicted molar refractivity (Wildman–Crippen MR) is 62.1 cm³/mol. The minimum Gasteiger partial charge on any atom is -0.497 e. The number of rotatable bonds is 3. The zero-order chi connectivity index (χ0) is 10.8. The fraction of sp³-hybridized carbons (Fsp3) is 0.333. The summed E-state index contributed by atoms with van der Waals surface area (Å²) in [5, 5.41) is 1.22. The molecule has 0 atom stereocenters. The molecule has 0 unspecified atom stereocenters. The van der Waals surface area contributed by atoms with Crippen molar-refractivity contribution in [2.24, 2.45) is 5.73 Å². The maximum atomic E-state index is 5.71. The SMILES string of the molecule is CCn1cc(CN)c2ccc(OC)cc21. The number of aromatic nitrogens is 1. The molecule has 3 heteroatoms. The molecule has 1 aromatic heterocycles. The van der Waals surface area contributed by atoms with Gasteiger partial charge in [0.2, 0.25) is 0 Å². The van der Waals surface area contributed by atoms with E-state index in [-0.39, 0.29) is 0 Å². The average molecular weight is 204 g/mol. The number of fused-ring (bicyclic) bond motifs is 1. The Kier molecular flexibility index (Phi) is 2.64. The van der Waals surface area contributed by atoms with Crippen LogP contribution in [0.2, 0.25) is 0 Å². The van der Waals surface area contributed by atoms with Crippen LogP contribution in [0.15, 0.2) is 24.4 Å². The highest BCUT2D eigenvalue weighted by Crippen LogP contribution is 2.25. The normalized spacial score (nSPS) is 10.9. The van der Waals surface area contributed by atoms with E-state index in [1.54, 1.807) is 7.11 Å². The van der Waals surface area contributed by atoms with Crippen LogP contribution in [0.5, 0.6) is 5.75 Å². The van der Waals surface area contributed by atoms with Gasteiger partial charge in [-0.05, 0) is 24.6 Å². The Bertz CT molecular complexity index is 474. The lowest BCUT2D eigenvalue weighted by molar-refractivity contribution is 0.415. The standard InChI is InChI=1S/C12H16N2O/c1-3-14-8-9(7-13)11-5-4-10(15-2)6-12(11)14/h4-6,8H,3,7,13H2,1-2H3. The van der Waals surface area contributed by atoms with Gasteiger partial charge in [-0.1, -0.05) is 0 Å². The molecular formula is C12H16N2O. The van der Waals surface area contributed by atoms with Crippen LogP contribution in [-0.2, 0) is 13.1 Å². The fourth-order valence-corrected chi connectivity index (χ4v) is 1.90. The molecule has 0 saturated carbocycles. The zero-order valence-corrected chi connectivity index (χ0v) is 9.16. The molecule has 2 rings (SSSR count). The van der Waals surface area contributed by atoms with Gasteiger partial charge in [-0.25, -0.2) is 0 Å². The van der Waals surface area contributed by atoms with Gasteiger partial charge in [0, 0.05) is 30.7 Å². The van der Waals surface area contributed by atoms with Crippen molar-refractivity contribution < 1.29 is 4.74 Å². The van der Waals surface area contributed by atoms with E-state index < -0.39 is 0 Å². The number of aryl methyl sites for hydroxylation is 1. The van der Waals surface area contributed by atoms with Gasteiger partial charge in [0.1, 0.15) is 5.75 Å². The van der Waals surface area contributed by atoms with Crippen LogP contribution < -0.4 is 10.5 Å². The predicted octanol–water partition coefficient (Wildman–Crippen LogP) is 2.13. The average Bonchev–Trinajstić information content (AvgIpc) is 2.65. The molecule has 0 amide bonds. The van der Waals surface area contributed by atoms with Crippen molar-refractivity contribution in [3.8, 4) is 5.75 Å². The third-order valence-corrected chi connectivity index (χ3v) is 2.73. The van der Waals surface area contributed by atoms with Crippen LogP contribution in [0.3, 0.4) is 0 Å². The zero-order valence-electron chi connectivity index (χ0n) is 9.16. The van der Waals surface area contributed by atoms with Crippen LogP contribution in [0.1, 0.15) is 12.5 Å². The van der Waals surface area contributed by atoms with Gasteiger partial charge in [-0.2, -0.15) is 0 Å². The Morgan fingerprint density at radius 1 is 1.40 bits per heavy atom. The van der Waals surface area contributed by atoms with Gasteiger partial charge < -0.3 is 15.0 Å². The van der Waals surface area contributed by atoms with E-state index in [4.69, 9.17) is 10.5 Å². The number of nitrogens with zero attached hydrogens (tertiary/aromatic N) is 1. The first-order valence-corrected chi connectivity index (χ1v) is 5.16. The molecule has 0 fully saturated rings. The molecule has 0 aliphatic rings. The Morgan fingerprint density at radius 2 is 2.20 bits per heavy atom. The van der Waals surface area contributed by atoms with Crippen LogP contribution in [0, 0.1) is 0 Å². The minimum atomic E-state index is 0.579. The summed E-state index contributed by atoms with van der Waals surface area (Å²) in [6.07, 6.45) is 2.12. The summed E-state index contributed by atoms with van der Waals surface area (Å²) in [6.45, 7) is 3.65. The second-order valence-corrected chi connectivity index (χ2v) is 3.53. The number of ether oxygens (including phenoxy) is 1. The summed E-state index contributed by atoms with van der Waals surface area (Å²) in [5.74, 6) is 0.888. The van der Waals surface area contributed by atoms with E-state index in [0.717, 1.165) is 12.3 Å². The molecule has 0 aliphatic carbocycles. The Balaban J connectivity index is 2.68. The first-order valence-electron chi connectivity index (χ1n) is 5.16. The van der Waals surface area contributed by atoms with Gasteiger partial charge in [0.05, 0.1) is 12.6 Å². The van der Waals surface area contributed by atoms with E-state index >= 15 is 0 Å². The van der Waals surface area contributed by atoms with Crippen LogP contribution in [0.4, 0.5) is 0 Å². The largest absolute Gasteiger partial charge is 0.497 e. The van der Waals surface area contributed by atoms with Crippen molar-refractivity contribution in [2.45, 2.75) is 20.0 Å². The summed E-state index contributed by atoms with van der Waals surface area (Å²) in [7, 11) is 1.68. The second kappa shape index (κ2) is 3.95. The van der Waals surface area contributed by atoms with Gasteiger partial charge in [-0.15, -0.1) is 0 Å². The Labute approximate surface area is 89.4 Å². The molecular weight excluding hydrogens is 188 g/mol. The molecule has 1 aromatic carbocycles. The third kappa shape index (κ3) is 1.59. The number of hydrogen-bond donors (Lipinski definition) is 1. The summed E-state index contributed by atoms with van der Waals surface area (Å²) in [6, 6.07) is 6.10. The highest BCUT2D eigenvalue weighted by atomic mass is 16.5. The van der Waals surface area contributed by atoms with Gasteiger partial charge in [0.25, 0.3) is 0 Å². The molecule has 0 aliphatic heterocycles. The topological polar surface area (TPSA) is 40.2 Å². The van der Waals surface area contributed by atoms with Gasteiger partial charge >= 0.3 is 0 Å². The highest BCUT2D eigenvalue weighted by molar-refractivity contribution is 5.85. The summed E-state index contributed by atoms with van der Waals surface area (Å²) in [5.41, 5.74) is 8.09. The molecule has 0 spiro atoms. The minimum absolute atomic E-state index is 0.579. The van der Waals surface area contributed by atoms with Crippen molar-refractivity contribution in [3.05, 3.63) is 30.0 Å². The monoisotopic (exact) mass is 204 g/mol. The maximum Gasteiger partial charge on any atom is 0.120 e. The van der Waals surface area contributed by atoms with E-state index in [0.29, 0.717) is 6.54 Å². The van der Waals surface area contributed by atoms with Gasteiger partial charge in [0.15, 0.2) is 0 Å². The summed E-state index contributed by atoms with van der Waals surface area (Å²) in [4.78, 5) is 0. The lowest BCUT2D eigenvalue weighted by Crippen LogP contribution is -1.94. The molecule has 80 valence electrons. The van der Waals surface area contributed by atoms with Crippen molar-refractivity contribution in [2.75, 3.05) is 7.11 Å². The number of hydrogen-bond acceptors (Lipinski definition) is 2. The second-order valence-electron chi connectivity index (χ2n) is 3.53. The number of methoxy groups -OCH3 is 1. The van der Waals surface area contributed by atoms with Crippen molar-refractivity contribution in [1.29, 1.82) is 0 Å². The summed E-state index contributed by atoms with van der Waals surface area (Å²) >= 11 is 0. The molecule has 3 nitrogen and oxygen atoms in total. The van der Waals surface area contributed by atoms with Crippen LogP contribution in [0.25, 0.3) is 10.9 Å². The Hall–Kier alpha value is -1.48. The van der Waals surface area contributed by atoms with E-state index in [1.165, 1.54) is 16.5 Å². The number of nitrogens with two attached hydrogens (primary N) is 1. The van der Waals surface area contributed by atoms with E-state index in [1.807, 2.05) is 6.07 Å². The lowest BCUT2D eigenvalue weighted by Gasteiger charge is -2.03. The highest BCUT2D eigenvalue weighted by Gasteiger charge is 2.06. The van der Waals surface area contributed by atoms with Crippen molar-refractivity contribution in [1.82, 2.24) is 4.57 Å². The van der Waals surface area contributed by atoms with E-state index in [2.05, 4.69) is 29.8 Å². The smallest absolute Gasteiger partial charge is 0.120 e. The molecule has 0 bridgehead atoms. The van der Waals surface area contributed by atoms with Crippen molar-refractivity contribution >= 4 is 10.9 Å². The fourth-order valence-electron chi connectivity index (χ4n) is 1.90. The molecule has 15 heavy (non-hydrogen) atoms. The van der Waals surface area contributed by atoms with Gasteiger partial charge in [-0.3, -0.25) is 0 Å². The maximum absolute atomic E-state index is 5.71. The molecule has 0 radical (unpaired) electrons. The Morgan fingerprint density at radius 3 is 2.80 bits per heavy atom. The van der Waals surface area contributed by atoms with Crippen molar-refractivity contribution in [3.63, 3.8) is 0 Å². The quantitative estimate of drug-likeness (QED) is 0.832. The van der Waals surface area contributed by atoms with Crippen LogP contribution in [-0.4, -0.2) is 11.7 Å². The molecule has 2 N–H and O–H groups in total. The number of benzene rings is 1. The van der Waals surface area contributed by atoms with E-state index in [9.17, 15) is 0 Å².